The number of nitrogens with one attached hydrogen (secondary N) is 1. The van der Waals surface area contributed by atoms with Crippen LogP contribution in [0.5, 0.6) is 0 Å². The Morgan fingerprint density at radius 2 is 1.88 bits per heavy atom. The minimum absolute atomic E-state index is 0.771. The van der Waals surface area contributed by atoms with Crippen LogP contribution in [0, 0.1) is 5.92 Å². The van der Waals surface area contributed by atoms with Crippen molar-refractivity contribution in [2.75, 3.05) is 46.8 Å². The molecule has 0 aromatic carbocycles. The van der Waals surface area contributed by atoms with Gasteiger partial charge in [0.2, 0.25) is 0 Å². The summed E-state index contributed by atoms with van der Waals surface area (Å²) in [5.41, 5.74) is 0. The second-order valence-electron chi connectivity index (χ2n) is 6.15. The molecule has 100 valence electrons. The molecule has 2 rings (SSSR count). The van der Waals surface area contributed by atoms with E-state index in [1.54, 1.807) is 0 Å². The zero-order valence-corrected chi connectivity index (χ0v) is 11.6. The van der Waals surface area contributed by atoms with E-state index in [9.17, 15) is 0 Å². The van der Waals surface area contributed by atoms with Crippen molar-refractivity contribution in [1.29, 1.82) is 0 Å². The van der Waals surface area contributed by atoms with Crippen LogP contribution in [0.3, 0.4) is 0 Å². The number of rotatable bonds is 8. The Morgan fingerprint density at radius 1 is 1.06 bits per heavy atom. The van der Waals surface area contributed by atoms with Crippen LogP contribution in [-0.2, 0) is 0 Å². The van der Waals surface area contributed by atoms with Gasteiger partial charge in [0.1, 0.15) is 0 Å². The molecular weight excluding hydrogens is 210 g/mol. The van der Waals surface area contributed by atoms with Gasteiger partial charge in [-0.15, -0.1) is 0 Å². The Morgan fingerprint density at radius 3 is 2.47 bits per heavy atom. The minimum atomic E-state index is 0.771. The molecule has 1 N–H and O–H groups in total. The summed E-state index contributed by atoms with van der Waals surface area (Å²) < 4.78 is 0. The summed E-state index contributed by atoms with van der Waals surface area (Å²) in [6.45, 7) is 6.38. The van der Waals surface area contributed by atoms with E-state index in [1.807, 2.05) is 0 Å². The van der Waals surface area contributed by atoms with Gasteiger partial charge >= 0.3 is 0 Å². The molecule has 0 aromatic heterocycles. The Labute approximate surface area is 107 Å². The molecule has 1 heterocycles. The van der Waals surface area contributed by atoms with E-state index in [4.69, 9.17) is 0 Å². The van der Waals surface area contributed by atoms with E-state index in [-0.39, 0.29) is 0 Å². The summed E-state index contributed by atoms with van der Waals surface area (Å²) in [7, 11) is 4.34. The van der Waals surface area contributed by atoms with Crippen molar-refractivity contribution in [3.63, 3.8) is 0 Å². The number of hydrogen-bond donors (Lipinski definition) is 1. The van der Waals surface area contributed by atoms with Crippen LogP contribution in [-0.4, -0.2) is 62.7 Å². The Kier molecular flexibility index (Phi) is 5.26. The average molecular weight is 239 g/mol. The summed E-state index contributed by atoms with van der Waals surface area (Å²) in [6.07, 6.45) is 7.02. The highest BCUT2D eigenvalue weighted by molar-refractivity contribution is 4.82. The maximum absolute atomic E-state index is 3.63. The second kappa shape index (κ2) is 6.72. The standard InChI is InChI=1S/C14H29N3/c1-16(2)9-4-10-17(11-13-6-7-13)12-14-5-3-8-15-14/h13-15H,3-12H2,1-2H3. The normalized spacial score (nSPS) is 25.1. The van der Waals surface area contributed by atoms with Gasteiger partial charge in [0.25, 0.3) is 0 Å². The van der Waals surface area contributed by atoms with Crippen molar-refractivity contribution in [3.8, 4) is 0 Å². The van der Waals surface area contributed by atoms with Gasteiger partial charge < -0.3 is 15.1 Å². The average Bonchev–Trinajstić information content (AvgIpc) is 2.92. The lowest BCUT2D eigenvalue weighted by Gasteiger charge is -2.26. The van der Waals surface area contributed by atoms with Crippen molar-refractivity contribution in [2.24, 2.45) is 5.92 Å². The van der Waals surface area contributed by atoms with Crippen molar-refractivity contribution in [2.45, 2.75) is 38.1 Å². The van der Waals surface area contributed by atoms with Crippen LogP contribution < -0.4 is 5.32 Å². The first-order valence-corrected chi connectivity index (χ1v) is 7.34. The van der Waals surface area contributed by atoms with Crippen LogP contribution >= 0.6 is 0 Å². The fourth-order valence-electron chi connectivity index (χ4n) is 2.76. The molecule has 0 amide bonds. The summed E-state index contributed by atoms with van der Waals surface area (Å²) in [6, 6.07) is 0.771. The Hall–Kier alpha value is -0.120. The molecule has 3 heteroatoms. The molecule has 1 unspecified atom stereocenters. The predicted molar refractivity (Wildman–Crippen MR) is 73.4 cm³/mol. The summed E-state index contributed by atoms with van der Waals surface area (Å²) >= 11 is 0. The van der Waals surface area contributed by atoms with Crippen LogP contribution in [0.1, 0.15) is 32.1 Å². The lowest BCUT2D eigenvalue weighted by molar-refractivity contribution is 0.227. The predicted octanol–water partition coefficient (Wildman–Crippen LogP) is 1.40. The van der Waals surface area contributed by atoms with Crippen molar-refractivity contribution < 1.29 is 0 Å². The highest BCUT2D eigenvalue weighted by Crippen LogP contribution is 2.30. The van der Waals surface area contributed by atoms with Crippen LogP contribution in [0.15, 0.2) is 0 Å². The van der Waals surface area contributed by atoms with E-state index >= 15 is 0 Å². The van der Waals surface area contributed by atoms with Crippen LogP contribution in [0.2, 0.25) is 0 Å². The van der Waals surface area contributed by atoms with Gasteiger partial charge in [0.05, 0.1) is 0 Å². The Balaban J connectivity index is 1.67. The molecule has 17 heavy (non-hydrogen) atoms. The van der Waals surface area contributed by atoms with Gasteiger partial charge in [-0.3, -0.25) is 0 Å². The van der Waals surface area contributed by atoms with E-state index < -0.39 is 0 Å². The minimum Gasteiger partial charge on any atom is -0.313 e. The maximum atomic E-state index is 3.63. The first-order chi connectivity index (χ1) is 8.24. The molecule has 1 saturated carbocycles. The maximum Gasteiger partial charge on any atom is 0.0195 e. The molecule has 2 aliphatic rings. The first-order valence-electron chi connectivity index (χ1n) is 7.34. The molecule has 2 fully saturated rings. The van der Waals surface area contributed by atoms with Crippen molar-refractivity contribution in [3.05, 3.63) is 0 Å². The largest absolute Gasteiger partial charge is 0.313 e. The number of hydrogen-bond acceptors (Lipinski definition) is 3. The van der Waals surface area contributed by atoms with E-state index in [0.29, 0.717) is 0 Å². The monoisotopic (exact) mass is 239 g/mol. The Bertz CT molecular complexity index is 208. The molecule has 1 atom stereocenters. The lowest BCUT2D eigenvalue weighted by atomic mass is 10.2. The molecule has 1 saturated heterocycles. The second-order valence-corrected chi connectivity index (χ2v) is 6.15. The highest BCUT2D eigenvalue weighted by atomic mass is 15.2. The fraction of sp³-hybridized carbons (Fsp3) is 1.00. The topological polar surface area (TPSA) is 18.5 Å². The van der Waals surface area contributed by atoms with Gasteiger partial charge in [-0.2, -0.15) is 0 Å². The highest BCUT2D eigenvalue weighted by Gasteiger charge is 2.26. The van der Waals surface area contributed by atoms with Gasteiger partial charge in [-0.25, -0.2) is 0 Å². The molecule has 0 radical (unpaired) electrons. The lowest BCUT2D eigenvalue weighted by Crippen LogP contribution is -2.39. The molecule has 0 spiro atoms. The van der Waals surface area contributed by atoms with Crippen LogP contribution in [0.4, 0.5) is 0 Å². The summed E-state index contributed by atoms with van der Waals surface area (Å²) in [4.78, 5) is 5.01. The summed E-state index contributed by atoms with van der Waals surface area (Å²) in [5.74, 6) is 1.02. The molecule has 1 aliphatic heterocycles. The van der Waals surface area contributed by atoms with E-state index in [2.05, 4.69) is 29.2 Å². The molecule has 0 bridgehead atoms. The van der Waals surface area contributed by atoms with Gasteiger partial charge in [-0.05, 0) is 71.8 Å². The molecule has 3 nitrogen and oxygen atoms in total. The zero-order chi connectivity index (χ0) is 12.1. The van der Waals surface area contributed by atoms with Crippen molar-refractivity contribution in [1.82, 2.24) is 15.1 Å². The van der Waals surface area contributed by atoms with Gasteiger partial charge in [0.15, 0.2) is 0 Å². The third kappa shape index (κ3) is 5.36. The third-order valence-electron chi connectivity index (χ3n) is 3.93. The molecule has 0 aromatic rings. The quantitative estimate of drug-likeness (QED) is 0.691. The SMILES string of the molecule is CN(C)CCCN(CC1CC1)CC1CCCN1. The van der Waals surface area contributed by atoms with Gasteiger partial charge in [0, 0.05) is 19.1 Å². The molecular formula is C14H29N3. The smallest absolute Gasteiger partial charge is 0.0195 e. The third-order valence-corrected chi connectivity index (χ3v) is 3.93. The first kappa shape index (κ1) is 13.3. The van der Waals surface area contributed by atoms with Crippen LogP contribution in [0.25, 0.3) is 0 Å². The van der Waals surface area contributed by atoms with Gasteiger partial charge in [-0.1, -0.05) is 0 Å². The number of nitrogens with zero attached hydrogens (tertiary/aromatic N) is 2. The van der Waals surface area contributed by atoms with E-state index in [1.165, 1.54) is 64.8 Å². The fourth-order valence-corrected chi connectivity index (χ4v) is 2.76. The molecule has 1 aliphatic carbocycles. The zero-order valence-electron chi connectivity index (χ0n) is 11.6. The van der Waals surface area contributed by atoms with E-state index in [0.717, 1.165) is 12.0 Å². The summed E-state index contributed by atoms with van der Waals surface area (Å²) in [5, 5.41) is 3.63. The van der Waals surface area contributed by atoms with Crippen molar-refractivity contribution >= 4 is 0 Å².